The topological polar surface area (TPSA) is 77.7 Å². The summed E-state index contributed by atoms with van der Waals surface area (Å²) in [5.74, 6) is 0.648. The van der Waals surface area contributed by atoms with Crippen LogP contribution in [0.2, 0.25) is 0 Å². The molecule has 1 saturated heterocycles. The smallest absolute Gasteiger partial charge is 0.222 e. The fourth-order valence-corrected chi connectivity index (χ4v) is 4.09. The Morgan fingerprint density at radius 1 is 1.25 bits per heavy atom. The van der Waals surface area contributed by atoms with Gasteiger partial charge < -0.3 is 4.90 Å². The number of likely N-dealkylation sites (tertiary alicyclic amines) is 1. The summed E-state index contributed by atoms with van der Waals surface area (Å²) in [7, 11) is 0. The molecule has 2 N–H and O–H groups in total. The molecule has 0 unspecified atom stereocenters. The average Bonchev–Trinajstić information content (AvgIpc) is 3.30. The normalized spacial score (nSPS) is 20.8. The standard InChI is InChI=1S/C18H25N5O/c24-18(8-7-17-14-5-1-2-6-16(14)21-22-17)23-11-3-4-13(12-23)15-9-10-19-20-15/h9-10,13H,1-8,11-12H2,(H,19,20)(H,21,22)/t13-/m0/s1. The molecule has 2 aliphatic rings. The number of carbonyl (C=O) groups is 1. The Morgan fingerprint density at radius 2 is 2.17 bits per heavy atom. The molecular formula is C18H25N5O. The first-order valence-corrected chi connectivity index (χ1v) is 9.13. The third-order valence-electron chi connectivity index (χ3n) is 5.45. The molecule has 6 nitrogen and oxygen atoms in total. The largest absolute Gasteiger partial charge is 0.342 e. The number of hydrogen-bond acceptors (Lipinski definition) is 3. The molecule has 1 aliphatic carbocycles. The van der Waals surface area contributed by atoms with Gasteiger partial charge in [-0.3, -0.25) is 15.0 Å². The van der Waals surface area contributed by atoms with Crippen LogP contribution < -0.4 is 0 Å². The molecule has 2 aromatic heterocycles. The third kappa shape index (κ3) is 3.09. The van der Waals surface area contributed by atoms with Crippen LogP contribution in [0.3, 0.4) is 0 Å². The first kappa shape index (κ1) is 15.4. The van der Waals surface area contributed by atoms with Crippen molar-refractivity contribution in [3.8, 4) is 0 Å². The monoisotopic (exact) mass is 327 g/mol. The number of piperidine rings is 1. The average molecular weight is 327 g/mol. The first-order valence-electron chi connectivity index (χ1n) is 9.13. The van der Waals surface area contributed by atoms with Gasteiger partial charge in [0.05, 0.1) is 5.69 Å². The van der Waals surface area contributed by atoms with Gasteiger partial charge in [0.1, 0.15) is 0 Å². The van der Waals surface area contributed by atoms with E-state index in [-0.39, 0.29) is 5.91 Å². The summed E-state index contributed by atoms with van der Waals surface area (Å²) in [5.41, 5.74) is 4.93. The lowest BCUT2D eigenvalue weighted by Gasteiger charge is -2.32. The van der Waals surface area contributed by atoms with E-state index >= 15 is 0 Å². The molecule has 1 fully saturated rings. The van der Waals surface area contributed by atoms with Gasteiger partial charge in [-0.15, -0.1) is 0 Å². The minimum Gasteiger partial charge on any atom is -0.342 e. The molecule has 0 bridgehead atoms. The quantitative estimate of drug-likeness (QED) is 0.905. The number of rotatable bonds is 4. The number of fused-ring (bicyclic) bond motifs is 1. The maximum atomic E-state index is 12.6. The van der Waals surface area contributed by atoms with Crippen molar-refractivity contribution in [1.29, 1.82) is 0 Å². The van der Waals surface area contributed by atoms with Gasteiger partial charge in [-0.25, -0.2) is 0 Å². The lowest BCUT2D eigenvalue weighted by atomic mass is 9.93. The van der Waals surface area contributed by atoms with E-state index in [1.807, 2.05) is 11.0 Å². The van der Waals surface area contributed by atoms with Crippen LogP contribution in [0.4, 0.5) is 0 Å². The Kier molecular flexibility index (Phi) is 4.36. The van der Waals surface area contributed by atoms with E-state index in [4.69, 9.17) is 0 Å². The Balaban J connectivity index is 1.35. The zero-order chi connectivity index (χ0) is 16.4. The molecule has 24 heavy (non-hydrogen) atoms. The maximum Gasteiger partial charge on any atom is 0.222 e. The molecule has 4 rings (SSSR count). The highest BCUT2D eigenvalue weighted by atomic mass is 16.2. The zero-order valence-corrected chi connectivity index (χ0v) is 14.1. The lowest BCUT2D eigenvalue weighted by molar-refractivity contribution is -0.132. The summed E-state index contributed by atoms with van der Waals surface area (Å²) in [5, 5.41) is 14.7. The van der Waals surface area contributed by atoms with Gasteiger partial charge in [-0.2, -0.15) is 10.2 Å². The van der Waals surface area contributed by atoms with Crippen molar-refractivity contribution in [3.05, 3.63) is 34.9 Å². The number of aromatic amines is 2. The predicted octanol–water partition coefficient (Wildman–Crippen LogP) is 2.35. The number of amides is 1. The Morgan fingerprint density at radius 3 is 3.04 bits per heavy atom. The molecule has 1 aliphatic heterocycles. The van der Waals surface area contributed by atoms with E-state index in [1.54, 1.807) is 6.20 Å². The van der Waals surface area contributed by atoms with Gasteiger partial charge in [0, 0.05) is 49.4 Å². The van der Waals surface area contributed by atoms with Gasteiger partial charge in [-0.05, 0) is 50.2 Å². The first-order chi connectivity index (χ1) is 11.8. The second kappa shape index (κ2) is 6.79. The van der Waals surface area contributed by atoms with E-state index in [2.05, 4.69) is 20.4 Å². The van der Waals surface area contributed by atoms with Crippen LogP contribution in [-0.2, 0) is 24.1 Å². The summed E-state index contributed by atoms with van der Waals surface area (Å²) in [4.78, 5) is 14.7. The zero-order valence-electron chi connectivity index (χ0n) is 14.1. The fraction of sp³-hybridized carbons (Fsp3) is 0.611. The van der Waals surface area contributed by atoms with E-state index < -0.39 is 0 Å². The van der Waals surface area contributed by atoms with Crippen LogP contribution in [0.25, 0.3) is 0 Å². The summed E-state index contributed by atoms with van der Waals surface area (Å²) in [6.07, 6.45) is 10.0. The Labute approximate surface area is 142 Å². The Bertz CT molecular complexity index is 690. The van der Waals surface area contributed by atoms with Crippen molar-refractivity contribution in [2.24, 2.45) is 0 Å². The highest BCUT2D eigenvalue weighted by Crippen LogP contribution is 2.26. The lowest BCUT2D eigenvalue weighted by Crippen LogP contribution is -2.39. The molecule has 2 aromatic rings. The second-order valence-electron chi connectivity index (χ2n) is 7.03. The number of nitrogens with one attached hydrogen (secondary N) is 2. The van der Waals surface area contributed by atoms with Crippen molar-refractivity contribution in [3.63, 3.8) is 0 Å². The third-order valence-corrected chi connectivity index (χ3v) is 5.45. The molecule has 0 saturated carbocycles. The van der Waals surface area contributed by atoms with Crippen molar-refractivity contribution in [2.75, 3.05) is 13.1 Å². The molecular weight excluding hydrogens is 302 g/mol. The SMILES string of the molecule is O=C(CCc1n[nH]c2c1CCCC2)N1CCC[C@H](c2ccn[nH]2)C1. The molecule has 0 aromatic carbocycles. The minimum absolute atomic E-state index is 0.256. The number of carbonyl (C=O) groups excluding carboxylic acids is 1. The van der Waals surface area contributed by atoms with Crippen molar-refractivity contribution in [1.82, 2.24) is 25.3 Å². The van der Waals surface area contributed by atoms with E-state index in [0.717, 1.165) is 56.6 Å². The summed E-state index contributed by atoms with van der Waals surface area (Å²) in [6, 6.07) is 2.02. The molecule has 1 amide bonds. The van der Waals surface area contributed by atoms with Crippen LogP contribution in [0.1, 0.15) is 60.7 Å². The van der Waals surface area contributed by atoms with Crippen molar-refractivity contribution < 1.29 is 4.79 Å². The Hall–Kier alpha value is -2.11. The fourth-order valence-electron chi connectivity index (χ4n) is 4.09. The highest BCUT2D eigenvalue weighted by molar-refractivity contribution is 5.76. The predicted molar refractivity (Wildman–Crippen MR) is 90.7 cm³/mol. The van der Waals surface area contributed by atoms with E-state index in [1.165, 1.54) is 24.1 Å². The van der Waals surface area contributed by atoms with Gasteiger partial charge >= 0.3 is 0 Å². The van der Waals surface area contributed by atoms with Crippen LogP contribution in [0.5, 0.6) is 0 Å². The number of nitrogens with zero attached hydrogens (tertiary/aromatic N) is 3. The van der Waals surface area contributed by atoms with Crippen LogP contribution >= 0.6 is 0 Å². The molecule has 0 radical (unpaired) electrons. The number of hydrogen-bond donors (Lipinski definition) is 2. The van der Waals surface area contributed by atoms with Gasteiger partial charge in [0.15, 0.2) is 0 Å². The van der Waals surface area contributed by atoms with Gasteiger partial charge in [0.25, 0.3) is 0 Å². The van der Waals surface area contributed by atoms with Gasteiger partial charge in [-0.1, -0.05) is 0 Å². The van der Waals surface area contributed by atoms with Crippen molar-refractivity contribution >= 4 is 5.91 Å². The number of aryl methyl sites for hydroxylation is 2. The van der Waals surface area contributed by atoms with Crippen LogP contribution in [0, 0.1) is 0 Å². The highest BCUT2D eigenvalue weighted by Gasteiger charge is 2.26. The minimum atomic E-state index is 0.256. The summed E-state index contributed by atoms with van der Waals surface area (Å²) < 4.78 is 0. The summed E-state index contributed by atoms with van der Waals surface area (Å²) >= 11 is 0. The molecule has 128 valence electrons. The van der Waals surface area contributed by atoms with E-state index in [9.17, 15) is 4.79 Å². The number of aromatic nitrogens is 4. The number of H-pyrrole nitrogens is 2. The van der Waals surface area contributed by atoms with E-state index in [0.29, 0.717) is 12.3 Å². The van der Waals surface area contributed by atoms with Crippen LogP contribution in [-0.4, -0.2) is 44.3 Å². The van der Waals surface area contributed by atoms with Crippen molar-refractivity contribution in [2.45, 2.75) is 57.3 Å². The molecule has 0 spiro atoms. The molecule has 3 heterocycles. The maximum absolute atomic E-state index is 12.6. The molecule has 6 heteroatoms. The van der Waals surface area contributed by atoms with Crippen LogP contribution in [0.15, 0.2) is 12.3 Å². The van der Waals surface area contributed by atoms with Gasteiger partial charge in [0.2, 0.25) is 5.91 Å². The summed E-state index contributed by atoms with van der Waals surface area (Å²) in [6.45, 7) is 1.68. The molecule has 1 atom stereocenters. The second-order valence-corrected chi connectivity index (χ2v) is 7.03.